The summed E-state index contributed by atoms with van der Waals surface area (Å²) in [6, 6.07) is 6.65. The van der Waals surface area contributed by atoms with Gasteiger partial charge >= 0.3 is 0 Å². The summed E-state index contributed by atoms with van der Waals surface area (Å²) in [5.74, 6) is 1.34. The van der Waals surface area contributed by atoms with Gasteiger partial charge in [-0.05, 0) is 59.0 Å². The van der Waals surface area contributed by atoms with Gasteiger partial charge in [0.25, 0.3) is 5.91 Å². The molecule has 2 fully saturated rings. The molecule has 1 N–H and O–H groups in total. The van der Waals surface area contributed by atoms with Crippen LogP contribution in [0.2, 0.25) is 0 Å². The molecule has 1 saturated carbocycles. The molecule has 0 bridgehead atoms. The van der Waals surface area contributed by atoms with Crippen molar-refractivity contribution in [1.29, 1.82) is 0 Å². The Morgan fingerprint density at radius 1 is 1.18 bits per heavy atom. The van der Waals surface area contributed by atoms with Crippen molar-refractivity contribution in [3.63, 3.8) is 0 Å². The van der Waals surface area contributed by atoms with E-state index in [1.54, 1.807) is 6.20 Å². The van der Waals surface area contributed by atoms with Gasteiger partial charge in [0.15, 0.2) is 5.65 Å². The van der Waals surface area contributed by atoms with Crippen LogP contribution in [0.15, 0.2) is 30.6 Å². The minimum absolute atomic E-state index is 0.173. The lowest BCUT2D eigenvalue weighted by Crippen LogP contribution is -2.36. The predicted molar refractivity (Wildman–Crippen MR) is 131 cm³/mol. The van der Waals surface area contributed by atoms with Gasteiger partial charge in [-0.2, -0.15) is 0 Å². The van der Waals surface area contributed by atoms with Gasteiger partial charge in [0.1, 0.15) is 16.5 Å². The minimum atomic E-state index is -0.173. The highest BCUT2D eigenvalue weighted by Crippen LogP contribution is 2.54. The Morgan fingerprint density at radius 3 is 2.73 bits per heavy atom. The maximum absolute atomic E-state index is 13.0. The van der Waals surface area contributed by atoms with Gasteiger partial charge in [0.2, 0.25) is 0 Å². The van der Waals surface area contributed by atoms with Gasteiger partial charge in [0, 0.05) is 36.1 Å². The van der Waals surface area contributed by atoms with E-state index in [0.29, 0.717) is 22.2 Å². The fourth-order valence-corrected chi connectivity index (χ4v) is 6.12. The van der Waals surface area contributed by atoms with Crippen molar-refractivity contribution in [3.8, 4) is 0 Å². The molecule has 6 rings (SSSR count). The van der Waals surface area contributed by atoms with Gasteiger partial charge in [0.05, 0.1) is 22.5 Å². The molecular formula is C24H27N7OS. The van der Waals surface area contributed by atoms with Crippen LogP contribution in [0.3, 0.4) is 0 Å². The van der Waals surface area contributed by atoms with Gasteiger partial charge < -0.3 is 19.5 Å². The number of aromatic nitrogens is 4. The maximum Gasteiger partial charge on any atom is 0.267 e. The van der Waals surface area contributed by atoms with Crippen LogP contribution in [0.25, 0.3) is 15.9 Å². The van der Waals surface area contributed by atoms with Crippen molar-refractivity contribution in [2.45, 2.75) is 32.7 Å². The molecule has 1 amide bonds. The minimum Gasteiger partial charge on any atom is -0.354 e. The number of hydrogen-bond donors (Lipinski definition) is 1. The van der Waals surface area contributed by atoms with E-state index in [0.717, 1.165) is 46.2 Å². The van der Waals surface area contributed by atoms with E-state index in [2.05, 4.69) is 51.3 Å². The van der Waals surface area contributed by atoms with Crippen LogP contribution in [0.4, 0.5) is 11.6 Å². The van der Waals surface area contributed by atoms with Crippen molar-refractivity contribution in [2.24, 2.45) is 5.41 Å². The zero-order valence-electron chi connectivity index (χ0n) is 19.3. The van der Waals surface area contributed by atoms with Crippen LogP contribution in [0.5, 0.6) is 0 Å². The molecule has 1 spiro atoms. The molecule has 0 aromatic carbocycles. The number of rotatable bonds is 4. The Kier molecular flexibility index (Phi) is 4.50. The normalized spacial score (nSPS) is 19.3. The number of pyridine rings is 1. The molecule has 170 valence electrons. The number of thiophene rings is 1. The molecule has 1 saturated heterocycles. The Bertz CT molecular complexity index is 1400. The largest absolute Gasteiger partial charge is 0.354 e. The highest BCUT2D eigenvalue weighted by molar-refractivity contribution is 7.20. The first-order valence-electron chi connectivity index (χ1n) is 11.3. The van der Waals surface area contributed by atoms with Gasteiger partial charge in [-0.15, -0.1) is 11.3 Å². The van der Waals surface area contributed by atoms with E-state index < -0.39 is 0 Å². The third-order valence-corrected chi connectivity index (χ3v) is 8.05. The van der Waals surface area contributed by atoms with Gasteiger partial charge in [-0.1, -0.05) is 0 Å². The number of likely N-dealkylation sites (N-methyl/N-ethyl adjacent to an activating group) is 1. The van der Waals surface area contributed by atoms with E-state index in [4.69, 9.17) is 4.98 Å². The molecule has 1 unspecified atom stereocenters. The first-order chi connectivity index (χ1) is 15.8. The van der Waals surface area contributed by atoms with Crippen molar-refractivity contribution in [2.75, 3.05) is 37.4 Å². The molecule has 1 atom stereocenters. The Labute approximate surface area is 196 Å². The summed E-state index contributed by atoms with van der Waals surface area (Å²) in [6.45, 7) is 5.91. The number of nitrogens with zero attached hydrogens (tertiary/aromatic N) is 6. The van der Waals surface area contributed by atoms with Crippen LogP contribution in [0, 0.1) is 19.3 Å². The second kappa shape index (κ2) is 7.23. The van der Waals surface area contributed by atoms with Crippen LogP contribution < -0.4 is 10.2 Å². The second-order valence-electron chi connectivity index (χ2n) is 9.68. The molecule has 0 radical (unpaired) electrons. The van der Waals surface area contributed by atoms with Crippen molar-refractivity contribution in [3.05, 3.63) is 46.9 Å². The zero-order valence-corrected chi connectivity index (χ0v) is 20.1. The highest BCUT2D eigenvalue weighted by atomic mass is 32.1. The number of amides is 1. The Hall–Kier alpha value is -3.04. The smallest absolute Gasteiger partial charge is 0.267 e. The molecule has 1 aliphatic carbocycles. The third-order valence-electron chi connectivity index (χ3n) is 7.01. The average Bonchev–Trinajstić information content (AvgIpc) is 3.10. The molecule has 33 heavy (non-hydrogen) atoms. The number of carbonyl (C=O) groups excluding carboxylic acids is 1. The maximum atomic E-state index is 13.0. The van der Waals surface area contributed by atoms with Crippen molar-refractivity contribution in [1.82, 2.24) is 24.3 Å². The number of carbonyl (C=O) groups is 1. The lowest BCUT2D eigenvalue weighted by Gasteiger charge is -2.24. The first-order valence-corrected chi connectivity index (χ1v) is 12.1. The summed E-state index contributed by atoms with van der Waals surface area (Å²) in [5, 5.41) is 3.93. The molecule has 9 heteroatoms. The topological polar surface area (TPSA) is 78.7 Å². The number of fused-ring (bicyclic) bond motifs is 2. The summed E-state index contributed by atoms with van der Waals surface area (Å²) < 4.78 is 1.90. The first kappa shape index (κ1) is 20.6. The third kappa shape index (κ3) is 3.46. The monoisotopic (exact) mass is 461 g/mol. The fourth-order valence-electron chi connectivity index (χ4n) is 5.20. The molecular weight excluding hydrogens is 434 g/mol. The Balaban J connectivity index is 1.24. The molecule has 8 nitrogen and oxygen atoms in total. The zero-order chi connectivity index (χ0) is 22.9. The van der Waals surface area contributed by atoms with Crippen molar-refractivity contribution < 1.29 is 4.79 Å². The van der Waals surface area contributed by atoms with Crippen LogP contribution in [-0.2, 0) is 0 Å². The molecule has 1 aliphatic heterocycles. The SMILES string of the molecule is Cc1cn2cc(NC(=O)c3cc4ccc(N5CC(N(C)C)C6(CC6)C5)nc4s3)nc(C)c2n1. The predicted octanol–water partition coefficient (Wildman–Crippen LogP) is 3.74. The van der Waals surface area contributed by atoms with E-state index in [9.17, 15) is 4.79 Å². The fraction of sp³-hybridized carbons (Fsp3) is 0.417. The summed E-state index contributed by atoms with van der Waals surface area (Å²) in [6.07, 6.45) is 6.33. The summed E-state index contributed by atoms with van der Waals surface area (Å²) in [7, 11) is 4.36. The summed E-state index contributed by atoms with van der Waals surface area (Å²) >= 11 is 1.42. The van der Waals surface area contributed by atoms with Crippen molar-refractivity contribution >= 4 is 44.7 Å². The highest BCUT2D eigenvalue weighted by Gasteiger charge is 2.56. The Morgan fingerprint density at radius 2 is 2.00 bits per heavy atom. The van der Waals surface area contributed by atoms with Gasteiger partial charge in [-0.3, -0.25) is 4.79 Å². The van der Waals surface area contributed by atoms with Gasteiger partial charge in [-0.25, -0.2) is 15.0 Å². The quantitative estimate of drug-likeness (QED) is 0.499. The summed E-state index contributed by atoms with van der Waals surface area (Å²) in [5.41, 5.74) is 2.92. The van der Waals surface area contributed by atoms with E-state index in [1.165, 1.54) is 24.2 Å². The van der Waals surface area contributed by atoms with E-state index in [1.807, 2.05) is 30.5 Å². The standard InChI is InChI=1S/C24H27N7OS/c1-14-10-30-12-19(26-15(2)21(30)25-14)27-22(32)17-9-16-5-6-20(28-23(16)33-17)31-11-18(29(3)4)24(13-31)7-8-24/h5-6,9-10,12,18H,7-8,11,13H2,1-4H3,(H,27,32). The summed E-state index contributed by atoms with van der Waals surface area (Å²) in [4.78, 5) is 33.2. The molecule has 4 aromatic rings. The van der Waals surface area contributed by atoms with Crippen LogP contribution >= 0.6 is 11.3 Å². The lowest BCUT2D eigenvalue weighted by atomic mass is 10.0. The molecule has 4 aromatic heterocycles. The molecule has 5 heterocycles. The molecule has 2 aliphatic rings. The van der Waals surface area contributed by atoms with E-state index >= 15 is 0 Å². The number of nitrogens with one attached hydrogen (secondary N) is 1. The number of aryl methyl sites for hydroxylation is 2. The lowest BCUT2D eigenvalue weighted by molar-refractivity contribution is 0.103. The van der Waals surface area contributed by atoms with Crippen LogP contribution in [-0.4, -0.2) is 63.4 Å². The average molecular weight is 462 g/mol. The number of hydrogen-bond acceptors (Lipinski definition) is 7. The number of anilines is 2. The van der Waals surface area contributed by atoms with Crippen LogP contribution in [0.1, 0.15) is 33.9 Å². The number of imidazole rings is 1. The second-order valence-corrected chi connectivity index (χ2v) is 10.7. The van der Waals surface area contributed by atoms with E-state index in [-0.39, 0.29) is 5.91 Å².